The van der Waals surface area contributed by atoms with Crippen molar-refractivity contribution in [2.45, 2.75) is 19.1 Å². The highest BCUT2D eigenvalue weighted by atomic mass is 16.5. The minimum absolute atomic E-state index is 0.108. The highest BCUT2D eigenvalue weighted by Crippen LogP contribution is 2.15. The number of ether oxygens (including phenoxy) is 1. The number of carbonyl (C=O) groups excluding carboxylic acids is 2. The summed E-state index contributed by atoms with van der Waals surface area (Å²) in [7, 11) is 0. The van der Waals surface area contributed by atoms with Crippen molar-refractivity contribution >= 4 is 11.8 Å². The summed E-state index contributed by atoms with van der Waals surface area (Å²) < 4.78 is 5.54. The Morgan fingerprint density at radius 1 is 1.43 bits per heavy atom. The van der Waals surface area contributed by atoms with E-state index < -0.39 is 6.04 Å². The Morgan fingerprint density at radius 2 is 2.14 bits per heavy atom. The van der Waals surface area contributed by atoms with Gasteiger partial charge >= 0.3 is 0 Å². The van der Waals surface area contributed by atoms with Gasteiger partial charge in [-0.05, 0) is 5.56 Å². The van der Waals surface area contributed by atoms with E-state index in [1.54, 1.807) is 4.90 Å². The summed E-state index contributed by atoms with van der Waals surface area (Å²) in [5.74, 6) is -0.222. The smallest absolute Gasteiger partial charge is 0.244 e. The molecule has 1 aromatic carbocycles. The second-order valence-corrected chi connectivity index (χ2v) is 5.10. The van der Waals surface area contributed by atoms with Gasteiger partial charge in [0.1, 0.15) is 6.04 Å². The molecule has 1 heterocycles. The molecular formula is C15H21N3O3. The Bertz CT molecular complexity index is 492. The lowest BCUT2D eigenvalue weighted by atomic mass is 10.1. The molecule has 1 aromatic rings. The van der Waals surface area contributed by atoms with Crippen molar-refractivity contribution in [1.82, 2.24) is 10.2 Å². The lowest BCUT2D eigenvalue weighted by molar-refractivity contribution is -0.140. The van der Waals surface area contributed by atoms with Gasteiger partial charge in [0, 0.05) is 26.6 Å². The predicted octanol–water partition coefficient (Wildman–Crippen LogP) is 0.0499. The number of amides is 2. The van der Waals surface area contributed by atoms with Crippen LogP contribution in [-0.2, 0) is 14.3 Å². The molecule has 0 spiro atoms. The Labute approximate surface area is 124 Å². The zero-order valence-corrected chi connectivity index (χ0v) is 12.1. The van der Waals surface area contributed by atoms with Gasteiger partial charge in [0.25, 0.3) is 0 Å². The largest absolute Gasteiger partial charge is 0.373 e. The fraction of sp³-hybridized carbons (Fsp3) is 0.467. The number of nitrogens with two attached hydrogens (primary N) is 1. The van der Waals surface area contributed by atoms with Gasteiger partial charge in [-0.1, -0.05) is 30.3 Å². The zero-order chi connectivity index (χ0) is 15.2. The molecule has 114 valence electrons. The van der Waals surface area contributed by atoms with Crippen LogP contribution in [0.25, 0.3) is 0 Å². The number of hydrogen-bond acceptors (Lipinski definition) is 4. The Hall–Kier alpha value is -1.92. The molecule has 1 aliphatic heterocycles. The van der Waals surface area contributed by atoms with Crippen LogP contribution >= 0.6 is 0 Å². The number of rotatable bonds is 4. The topological polar surface area (TPSA) is 84.7 Å². The first-order valence-corrected chi connectivity index (χ1v) is 7.03. The van der Waals surface area contributed by atoms with Gasteiger partial charge in [-0.25, -0.2) is 0 Å². The van der Waals surface area contributed by atoms with Crippen LogP contribution in [0.4, 0.5) is 0 Å². The summed E-state index contributed by atoms with van der Waals surface area (Å²) in [6, 6.07) is 8.64. The van der Waals surface area contributed by atoms with Gasteiger partial charge in [0.15, 0.2) is 0 Å². The molecule has 2 atom stereocenters. The quantitative estimate of drug-likeness (QED) is 0.821. The summed E-state index contributed by atoms with van der Waals surface area (Å²) in [4.78, 5) is 25.1. The van der Waals surface area contributed by atoms with E-state index in [0.717, 1.165) is 5.56 Å². The lowest BCUT2D eigenvalue weighted by Crippen LogP contribution is -2.51. The van der Waals surface area contributed by atoms with Crippen molar-refractivity contribution in [3.63, 3.8) is 0 Å². The number of hydrogen-bond donors (Lipinski definition) is 2. The second-order valence-electron chi connectivity index (χ2n) is 5.10. The average Bonchev–Trinajstić information content (AvgIpc) is 2.52. The molecule has 1 saturated heterocycles. The summed E-state index contributed by atoms with van der Waals surface area (Å²) in [5.41, 5.74) is 6.83. The highest BCUT2D eigenvalue weighted by Gasteiger charge is 2.28. The first-order valence-electron chi connectivity index (χ1n) is 7.03. The first kappa shape index (κ1) is 15.5. The molecular weight excluding hydrogens is 270 g/mol. The molecule has 1 fully saturated rings. The normalized spacial score (nSPS) is 19.9. The van der Waals surface area contributed by atoms with Gasteiger partial charge in [0.05, 0.1) is 12.7 Å². The van der Waals surface area contributed by atoms with Crippen LogP contribution in [0.2, 0.25) is 0 Å². The summed E-state index contributed by atoms with van der Waals surface area (Å²) in [6.45, 7) is 3.28. The third-order valence-corrected chi connectivity index (χ3v) is 3.45. The molecule has 0 bridgehead atoms. The maximum absolute atomic E-state index is 12.4. The number of benzene rings is 1. The maximum Gasteiger partial charge on any atom is 0.244 e. The summed E-state index contributed by atoms with van der Waals surface area (Å²) >= 11 is 0. The van der Waals surface area contributed by atoms with Crippen molar-refractivity contribution in [3.8, 4) is 0 Å². The van der Waals surface area contributed by atoms with Gasteiger partial charge in [0.2, 0.25) is 11.8 Å². The van der Waals surface area contributed by atoms with Gasteiger partial charge in [-0.3, -0.25) is 9.59 Å². The third-order valence-electron chi connectivity index (χ3n) is 3.45. The van der Waals surface area contributed by atoms with E-state index in [1.807, 2.05) is 30.3 Å². The number of morpholine rings is 1. The van der Waals surface area contributed by atoms with E-state index >= 15 is 0 Å². The molecule has 0 aromatic heterocycles. The van der Waals surface area contributed by atoms with Crippen LogP contribution in [0, 0.1) is 0 Å². The van der Waals surface area contributed by atoms with Crippen LogP contribution in [0.15, 0.2) is 30.3 Å². The molecule has 6 heteroatoms. The Kier molecular flexibility index (Phi) is 5.30. The van der Waals surface area contributed by atoms with Crippen molar-refractivity contribution in [2.24, 2.45) is 5.73 Å². The second kappa shape index (κ2) is 7.19. The van der Waals surface area contributed by atoms with E-state index in [1.165, 1.54) is 6.92 Å². The molecule has 0 unspecified atom stereocenters. The third kappa shape index (κ3) is 4.27. The molecule has 0 saturated carbocycles. The first-order chi connectivity index (χ1) is 10.1. The van der Waals surface area contributed by atoms with Crippen LogP contribution in [0.5, 0.6) is 0 Å². The minimum Gasteiger partial charge on any atom is -0.373 e. The number of nitrogens with zero attached hydrogens (tertiary/aromatic N) is 1. The number of nitrogens with one attached hydrogen (secondary N) is 1. The van der Waals surface area contributed by atoms with Crippen molar-refractivity contribution in [2.75, 3.05) is 26.2 Å². The summed E-state index contributed by atoms with van der Waals surface area (Å²) in [6.07, 6.45) is -0.186. The molecule has 0 radical (unpaired) electrons. The minimum atomic E-state index is -0.661. The fourth-order valence-electron chi connectivity index (χ4n) is 2.30. The van der Waals surface area contributed by atoms with Crippen molar-refractivity contribution < 1.29 is 14.3 Å². The van der Waals surface area contributed by atoms with E-state index in [-0.39, 0.29) is 17.9 Å². The lowest BCUT2D eigenvalue weighted by Gasteiger charge is -2.34. The van der Waals surface area contributed by atoms with Gasteiger partial charge in [-0.15, -0.1) is 0 Å². The van der Waals surface area contributed by atoms with Crippen LogP contribution < -0.4 is 11.1 Å². The molecule has 2 rings (SSSR count). The van der Waals surface area contributed by atoms with E-state index in [0.29, 0.717) is 26.2 Å². The molecule has 1 aliphatic rings. The summed E-state index contributed by atoms with van der Waals surface area (Å²) in [5, 5.41) is 2.70. The molecule has 0 aliphatic carbocycles. The van der Waals surface area contributed by atoms with Crippen LogP contribution in [0.1, 0.15) is 18.5 Å². The molecule has 6 nitrogen and oxygen atoms in total. The standard InChI is InChI=1S/C15H21N3O3/c1-11(19)17-9-13-10-18(7-8-21-13)15(20)14(16)12-5-3-2-4-6-12/h2-6,13-14H,7-10,16H2,1H3,(H,17,19)/t13-,14-/m0/s1. The maximum atomic E-state index is 12.4. The number of carbonyl (C=O) groups is 2. The zero-order valence-electron chi connectivity index (χ0n) is 12.1. The predicted molar refractivity (Wildman–Crippen MR) is 78.4 cm³/mol. The van der Waals surface area contributed by atoms with Crippen molar-refractivity contribution in [3.05, 3.63) is 35.9 Å². The Balaban J connectivity index is 1.94. The van der Waals surface area contributed by atoms with E-state index in [2.05, 4.69) is 5.32 Å². The molecule has 21 heavy (non-hydrogen) atoms. The van der Waals surface area contributed by atoms with Crippen molar-refractivity contribution in [1.29, 1.82) is 0 Å². The average molecular weight is 291 g/mol. The molecule has 3 N–H and O–H groups in total. The SMILES string of the molecule is CC(=O)NC[C@H]1CN(C(=O)[C@@H](N)c2ccccc2)CCO1. The van der Waals surface area contributed by atoms with E-state index in [9.17, 15) is 9.59 Å². The monoisotopic (exact) mass is 291 g/mol. The van der Waals surface area contributed by atoms with Gasteiger partial charge in [-0.2, -0.15) is 0 Å². The van der Waals surface area contributed by atoms with Gasteiger partial charge < -0.3 is 20.7 Å². The van der Waals surface area contributed by atoms with E-state index in [4.69, 9.17) is 10.5 Å². The Morgan fingerprint density at radius 3 is 2.81 bits per heavy atom. The fourth-order valence-corrected chi connectivity index (χ4v) is 2.30. The highest BCUT2D eigenvalue weighted by molar-refractivity contribution is 5.83. The van der Waals surface area contributed by atoms with Crippen LogP contribution in [-0.4, -0.2) is 49.1 Å². The van der Waals surface area contributed by atoms with Crippen LogP contribution in [0.3, 0.4) is 0 Å². The molecule has 2 amide bonds.